The number of hydrogen-bond acceptors (Lipinski definition) is 4. The van der Waals surface area contributed by atoms with Crippen molar-refractivity contribution in [3.05, 3.63) is 70.7 Å². The Morgan fingerprint density at radius 2 is 1.68 bits per heavy atom. The van der Waals surface area contributed by atoms with Crippen LogP contribution >= 0.6 is 11.6 Å². The molecule has 0 saturated carbocycles. The molecule has 132 valence electrons. The number of hydrogen-bond donors (Lipinski definition) is 0. The molecule has 0 radical (unpaired) electrons. The normalized spacial score (nSPS) is 11.6. The molecule has 2 aromatic carbocycles. The van der Waals surface area contributed by atoms with Crippen LogP contribution in [-0.4, -0.2) is 18.5 Å². The van der Waals surface area contributed by atoms with E-state index in [1.165, 1.54) is 0 Å². The van der Waals surface area contributed by atoms with Gasteiger partial charge in [-0.3, -0.25) is 0 Å². The van der Waals surface area contributed by atoms with Crippen molar-refractivity contribution in [1.82, 2.24) is 0 Å². The summed E-state index contributed by atoms with van der Waals surface area (Å²) in [4.78, 5) is 24.8. The van der Waals surface area contributed by atoms with E-state index >= 15 is 0 Å². The Balaban J connectivity index is 2.10. The first-order chi connectivity index (χ1) is 12.1. The zero-order valence-electron chi connectivity index (χ0n) is 14.1. The van der Waals surface area contributed by atoms with E-state index in [1.807, 2.05) is 6.07 Å². The summed E-state index contributed by atoms with van der Waals surface area (Å²) in [6, 6.07) is 15.1. The van der Waals surface area contributed by atoms with E-state index in [1.54, 1.807) is 48.5 Å². The van der Waals surface area contributed by atoms with Crippen LogP contribution in [0.25, 0.3) is 0 Å². The second-order valence-electron chi connectivity index (χ2n) is 5.58. The first-order valence-corrected chi connectivity index (χ1v) is 8.67. The molecule has 0 bridgehead atoms. The van der Waals surface area contributed by atoms with Crippen LogP contribution in [-0.2, 0) is 14.3 Å². The van der Waals surface area contributed by atoms with E-state index in [9.17, 15) is 9.59 Å². The van der Waals surface area contributed by atoms with Gasteiger partial charge in [0.15, 0.2) is 0 Å². The number of esters is 2. The van der Waals surface area contributed by atoms with Gasteiger partial charge >= 0.3 is 11.9 Å². The summed E-state index contributed by atoms with van der Waals surface area (Å²) >= 11 is 5.83. The van der Waals surface area contributed by atoms with Crippen LogP contribution in [0.15, 0.2) is 54.6 Å². The summed E-state index contributed by atoms with van der Waals surface area (Å²) in [5.41, 5.74) is 0.898. The highest BCUT2D eigenvalue weighted by atomic mass is 35.5. The summed E-state index contributed by atoms with van der Waals surface area (Å²) in [5, 5.41) is 0.520. The molecule has 4 nitrogen and oxygen atoms in total. The summed E-state index contributed by atoms with van der Waals surface area (Å²) in [7, 11) is 0. The van der Waals surface area contributed by atoms with Crippen LogP contribution in [0.4, 0.5) is 0 Å². The van der Waals surface area contributed by atoms with Gasteiger partial charge in [-0.2, -0.15) is 0 Å². The maximum Gasteiger partial charge on any atom is 0.352 e. The lowest BCUT2D eigenvalue weighted by Crippen LogP contribution is -2.22. The smallest absolute Gasteiger partial charge is 0.352 e. The number of carbonyl (C=O) groups is 2. The Labute approximate surface area is 152 Å². The lowest BCUT2D eigenvalue weighted by atomic mass is 10.1. The molecule has 0 fully saturated rings. The fraction of sp³-hybridized carbons (Fsp3) is 0.300. The van der Waals surface area contributed by atoms with Crippen LogP contribution in [0.1, 0.15) is 48.2 Å². The van der Waals surface area contributed by atoms with Gasteiger partial charge in [0.2, 0.25) is 6.10 Å². The van der Waals surface area contributed by atoms with Gasteiger partial charge in [-0.25, -0.2) is 9.59 Å². The molecule has 5 heteroatoms. The Kier molecular flexibility index (Phi) is 7.48. The molecule has 0 spiro atoms. The highest BCUT2D eigenvalue weighted by Gasteiger charge is 2.27. The van der Waals surface area contributed by atoms with Gasteiger partial charge in [0, 0.05) is 10.6 Å². The Hall–Kier alpha value is -2.33. The molecule has 1 atom stereocenters. The zero-order valence-corrected chi connectivity index (χ0v) is 14.9. The minimum Gasteiger partial charge on any atom is -0.463 e. The van der Waals surface area contributed by atoms with Crippen molar-refractivity contribution in [3.8, 4) is 0 Å². The summed E-state index contributed by atoms with van der Waals surface area (Å²) in [6.07, 6.45) is 1.71. The number of halogens is 1. The Morgan fingerprint density at radius 3 is 2.32 bits per heavy atom. The second kappa shape index (κ2) is 9.84. The van der Waals surface area contributed by atoms with Crippen molar-refractivity contribution in [1.29, 1.82) is 0 Å². The van der Waals surface area contributed by atoms with Gasteiger partial charge in [0.05, 0.1) is 12.2 Å². The number of carbonyl (C=O) groups excluding carboxylic acids is 2. The third-order valence-corrected chi connectivity index (χ3v) is 3.87. The monoisotopic (exact) mass is 360 g/mol. The van der Waals surface area contributed by atoms with Crippen molar-refractivity contribution < 1.29 is 19.1 Å². The first-order valence-electron chi connectivity index (χ1n) is 8.30. The molecule has 2 rings (SSSR count). The van der Waals surface area contributed by atoms with Crippen molar-refractivity contribution in [3.63, 3.8) is 0 Å². The standard InChI is InChI=1S/C20H21ClO4/c1-2-3-7-14-24-20(23)18(15-8-5-4-6-9-15)25-19(22)16-10-12-17(21)13-11-16/h4-6,8-13,18H,2-3,7,14H2,1H3. The van der Waals surface area contributed by atoms with E-state index in [-0.39, 0.29) is 0 Å². The lowest BCUT2D eigenvalue weighted by molar-refractivity contribution is -0.154. The largest absolute Gasteiger partial charge is 0.463 e. The van der Waals surface area contributed by atoms with Crippen LogP contribution in [0.3, 0.4) is 0 Å². The van der Waals surface area contributed by atoms with E-state index in [0.29, 0.717) is 22.8 Å². The number of ether oxygens (including phenoxy) is 2. The van der Waals surface area contributed by atoms with Crippen LogP contribution in [0, 0.1) is 0 Å². The predicted molar refractivity (Wildman–Crippen MR) is 96.5 cm³/mol. The van der Waals surface area contributed by atoms with Crippen LogP contribution < -0.4 is 0 Å². The van der Waals surface area contributed by atoms with Crippen molar-refractivity contribution in [2.24, 2.45) is 0 Å². The fourth-order valence-electron chi connectivity index (χ4n) is 2.24. The molecule has 2 aromatic rings. The molecule has 0 heterocycles. The summed E-state index contributed by atoms with van der Waals surface area (Å²) in [5.74, 6) is -1.17. The minimum atomic E-state index is -1.09. The third kappa shape index (κ3) is 5.91. The summed E-state index contributed by atoms with van der Waals surface area (Å²) in [6.45, 7) is 2.39. The van der Waals surface area contributed by atoms with E-state index in [4.69, 9.17) is 21.1 Å². The molecule has 0 amide bonds. The van der Waals surface area contributed by atoms with Crippen molar-refractivity contribution >= 4 is 23.5 Å². The molecule has 0 aliphatic carbocycles. The highest BCUT2D eigenvalue weighted by Crippen LogP contribution is 2.22. The van der Waals surface area contributed by atoms with Gasteiger partial charge in [-0.1, -0.05) is 61.7 Å². The van der Waals surface area contributed by atoms with E-state index in [2.05, 4.69) is 6.92 Å². The second-order valence-corrected chi connectivity index (χ2v) is 6.01. The van der Waals surface area contributed by atoms with Gasteiger partial charge < -0.3 is 9.47 Å². The molecule has 0 N–H and O–H groups in total. The highest BCUT2D eigenvalue weighted by molar-refractivity contribution is 6.30. The number of benzene rings is 2. The molecule has 1 unspecified atom stereocenters. The van der Waals surface area contributed by atoms with Crippen LogP contribution in [0.5, 0.6) is 0 Å². The average molecular weight is 361 g/mol. The maximum atomic E-state index is 12.4. The molecular weight excluding hydrogens is 340 g/mol. The number of rotatable bonds is 8. The lowest BCUT2D eigenvalue weighted by Gasteiger charge is -2.17. The molecule has 0 aliphatic rings. The fourth-order valence-corrected chi connectivity index (χ4v) is 2.37. The predicted octanol–water partition coefficient (Wildman–Crippen LogP) is 4.97. The molecule has 0 saturated heterocycles. The van der Waals surface area contributed by atoms with Crippen molar-refractivity contribution in [2.75, 3.05) is 6.61 Å². The Morgan fingerprint density at radius 1 is 1.00 bits per heavy atom. The van der Waals surface area contributed by atoms with E-state index in [0.717, 1.165) is 19.3 Å². The molecular formula is C20H21ClO4. The van der Waals surface area contributed by atoms with Crippen LogP contribution in [0.2, 0.25) is 5.02 Å². The van der Waals surface area contributed by atoms with Gasteiger partial charge in [-0.05, 0) is 30.7 Å². The van der Waals surface area contributed by atoms with Gasteiger partial charge in [0.1, 0.15) is 0 Å². The quantitative estimate of drug-likeness (QED) is 0.492. The Bertz CT molecular complexity index is 683. The van der Waals surface area contributed by atoms with Crippen molar-refractivity contribution in [2.45, 2.75) is 32.3 Å². The SMILES string of the molecule is CCCCCOC(=O)C(OC(=O)c1ccc(Cl)cc1)c1ccccc1. The molecule has 0 aliphatic heterocycles. The minimum absolute atomic E-state index is 0.314. The zero-order chi connectivity index (χ0) is 18.1. The average Bonchev–Trinajstić information content (AvgIpc) is 2.64. The van der Waals surface area contributed by atoms with Gasteiger partial charge in [0.25, 0.3) is 0 Å². The maximum absolute atomic E-state index is 12.4. The van der Waals surface area contributed by atoms with E-state index < -0.39 is 18.0 Å². The summed E-state index contributed by atoms with van der Waals surface area (Å²) < 4.78 is 10.7. The topological polar surface area (TPSA) is 52.6 Å². The first kappa shape index (κ1) is 19.0. The number of unbranched alkanes of at least 4 members (excludes halogenated alkanes) is 2. The van der Waals surface area contributed by atoms with Gasteiger partial charge in [-0.15, -0.1) is 0 Å². The molecule has 0 aromatic heterocycles. The molecule has 25 heavy (non-hydrogen) atoms. The third-order valence-electron chi connectivity index (χ3n) is 3.61.